The van der Waals surface area contributed by atoms with Crippen LogP contribution >= 0.6 is 0 Å². The van der Waals surface area contributed by atoms with E-state index >= 15 is 0 Å². The smallest absolute Gasteiger partial charge is 0.261 e. The highest BCUT2D eigenvalue weighted by Gasteiger charge is 2.23. The molecule has 1 saturated carbocycles. The number of rotatable bonds is 5. The Morgan fingerprint density at radius 3 is 2.67 bits per heavy atom. The number of fused-ring (bicyclic) bond motifs is 1. The third kappa shape index (κ3) is 3.87. The molecule has 1 saturated heterocycles. The molecule has 0 bridgehead atoms. The predicted octanol–water partition coefficient (Wildman–Crippen LogP) is 2.79. The molecule has 2 heterocycles. The highest BCUT2D eigenvalue weighted by molar-refractivity contribution is 5.83. The van der Waals surface area contributed by atoms with E-state index in [9.17, 15) is 4.79 Å². The fraction of sp³-hybridized carbons (Fsp3) is 0.619. The highest BCUT2D eigenvalue weighted by atomic mass is 16.5. The van der Waals surface area contributed by atoms with Crippen molar-refractivity contribution in [3.63, 3.8) is 0 Å². The van der Waals surface area contributed by atoms with Crippen LogP contribution in [-0.4, -0.2) is 54.4 Å². The summed E-state index contributed by atoms with van der Waals surface area (Å²) in [6, 6.07) is 5.62. The number of aromatic nitrogens is 2. The second kappa shape index (κ2) is 8.40. The van der Waals surface area contributed by atoms with Crippen LogP contribution in [0.5, 0.6) is 5.75 Å². The van der Waals surface area contributed by atoms with Gasteiger partial charge in [0.05, 0.1) is 25.7 Å². The summed E-state index contributed by atoms with van der Waals surface area (Å²) in [5.41, 5.74) is 0.765. The Hall–Kier alpha value is -1.92. The van der Waals surface area contributed by atoms with E-state index in [1.807, 2.05) is 22.8 Å². The lowest BCUT2D eigenvalue weighted by Crippen LogP contribution is -2.40. The van der Waals surface area contributed by atoms with Crippen LogP contribution in [-0.2, 0) is 11.3 Å². The summed E-state index contributed by atoms with van der Waals surface area (Å²) in [4.78, 5) is 20.7. The lowest BCUT2D eigenvalue weighted by Gasteiger charge is -2.29. The molecule has 1 aromatic carbocycles. The van der Waals surface area contributed by atoms with Crippen LogP contribution in [0.3, 0.4) is 0 Å². The minimum atomic E-state index is 0.0627. The summed E-state index contributed by atoms with van der Waals surface area (Å²) >= 11 is 0. The minimum Gasteiger partial charge on any atom is -0.494 e. The van der Waals surface area contributed by atoms with E-state index in [1.165, 1.54) is 19.3 Å². The number of hydrogen-bond acceptors (Lipinski definition) is 5. The maximum Gasteiger partial charge on any atom is 0.261 e. The van der Waals surface area contributed by atoms with Gasteiger partial charge < -0.3 is 9.47 Å². The molecule has 2 aromatic rings. The molecule has 0 amide bonds. The largest absolute Gasteiger partial charge is 0.494 e. The first-order valence-corrected chi connectivity index (χ1v) is 10.2. The van der Waals surface area contributed by atoms with Crippen molar-refractivity contribution in [1.82, 2.24) is 14.5 Å². The molecule has 0 radical (unpaired) electrons. The van der Waals surface area contributed by atoms with Crippen LogP contribution in [0.25, 0.3) is 10.9 Å². The summed E-state index contributed by atoms with van der Waals surface area (Å²) in [6.07, 6.45) is 5.95. The number of methoxy groups -OCH3 is 1. The number of ether oxygens (including phenoxy) is 2. The molecule has 0 spiro atoms. The summed E-state index contributed by atoms with van der Waals surface area (Å²) in [6.45, 7) is 4.96. The molecule has 1 aromatic heterocycles. The molecule has 2 fully saturated rings. The average molecular weight is 371 g/mol. The van der Waals surface area contributed by atoms with Crippen molar-refractivity contribution < 1.29 is 9.47 Å². The van der Waals surface area contributed by atoms with Gasteiger partial charge in [0.2, 0.25) is 0 Å². The maximum atomic E-state index is 13.4. The van der Waals surface area contributed by atoms with Crippen molar-refractivity contribution in [3.8, 4) is 5.75 Å². The molecule has 1 aliphatic heterocycles. The number of hydrogen-bond donors (Lipinski definition) is 0. The predicted molar refractivity (Wildman–Crippen MR) is 106 cm³/mol. The Morgan fingerprint density at radius 2 is 1.93 bits per heavy atom. The molecule has 0 unspecified atom stereocenters. The van der Waals surface area contributed by atoms with Gasteiger partial charge in [-0.25, -0.2) is 4.98 Å². The molecular weight excluding hydrogens is 342 g/mol. The van der Waals surface area contributed by atoms with Crippen molar-refractivity contribution in [2.45, 2.75) is 44.6 Å². The van der Waals surface area contributed by atoms with E-state index in [-0.39, 0.29) is 5.56 Å². The highest BCUT2D eigenvalue weighted by Crippen LogP contribution is 2.33. The van der Waals surface area contributed by atoms with E-state index in [1.54, 1.807) is 7.11 Å². The van der Waals surface area contributed by atoms with Crippen LogP contribution in [0.1, 0.15) is 43.8 Å². The standard InChI is InChI=1S/C21H29N3O3/c1-26-18-9-5-8-17-19(18)22-20(16-6-3-2-4-7-16)24(21(17)25)11-10-23-12-14-27-15-13-23/h5,8-9,16H,2-4,6-7,10-15H2,1H3. The Labute approximate surface area is 160 Å². The van der Waals surface area contributed by atoms with Gasteiger partial charge in [-0.05, 0) is 25.0 Å². The second-order valence-corrected chi connectivity index (χ2v) is 7.57. The molecule has 4 rings (SSSR count). The van der Waals surface area contributed by atoms with Crippen molar-refractivity contribution in [2.75, 3.05) is 40.0 Å². The number of para-hydroxylation sites is 1. The minimum absolute atomic E-state index is 0.0627. The zero-order valence-corrected chi connectivity index (χ0v) is 16.2. The monoisotopic (exact) mass is 371 g/mol. The van der Waals surface area contributed by atoms with Gasteiger partial charge in [0.15, 0.2) is 0 Å². The Bertz CT molecular complexity index is 836. The Balaban J connectivity index is 1.74. The molecule has 1 aliphatic carbocycles. The van der Waals surface area contributed by atoms with Gasteiger partial charge in [0, 0.05) is 32.1 Å². The number of nitrogens with zero attached hydrogens (tertiary/aromatic N) is 3. The van der Waals surface area contributed by atoms with Gasteiger partial charge in [-0.3, -0.25) is 14.3 Å². The van der Waals surface area contributed by atoms with Crippen molar-refractivity contribution in [2.24, 2.45) is 0 Å². The van der Waals surface area contributed by atoms with E-state index < -0.39 is 0 Å². The van der Waals surface area contributed by atoms with Crippen LogP contribution in [0.4, 0.5) is 0 Å². The first kappa shape index (κ1) is 18.4. The third-order valence-corrected chi connectivity index (χ3v) is 5.91. The topological polar surface area (TPSA) is 56.6 Å². The van der Waals surface area contributed by atoms with Crippen LogP contribution in [0.15, 0.2) is 23.0 Å². The van der Waals surface area contributed by atoms with Crippen LogP contribution in [0, 0.1) is 0 Å². The van der Waals surface area contributed by atoms with Crippen LogP contribution < -0.4 is 10.3 Å². The lowest BCUT2D eigenvalue weighted by atomic mass is 9.88. The first-order valence-electron chi connectivity index (χ1n) is 10.2. The quantitative estimate of drug-likeness (QED) is 0.809. The normalized spacial score (nSPS) is 19.4. The molecule has 6 nitrogen and oxygen atoms in total. The molecule has 2 aliphatic rings. The molecule has 0 atom stereocenters. The van der Waals surface area contributed by atoms with E-state index in [4.69, 9.17) is 14.5 Å². The van der Waals surface area contributed by atoms with E-state index in [2.05, 4.69) is 4.90 Å². The fourth-order valence-corrected chi connectivity index (χ4v) is 4.35. The summed E-state index contributed by atoms with van der Waals surface area (Å²) < 4.78 is 12.9. The Kier molecular flexibility index (Phi) is 5.74. The zero-order chi connectivity index (χ0) is 18.6. The molecule has 0 N–H and O–H groups in total. The Morgan fingerprint density at radius 1 is 1.15 bits per heavy atom. The number of morpholine rings is 1. The summed E-state index contributed by atoms with van der Waals surface area (Å²) in [5, 5.41) is 0.649. The number of benzene rings is 1. The van der Waals surface area contributed by atoms with Gasteiger partial charge in [0.1, 0.15) is 17.1 Å². The SMILES string of the molecule is COc1cccc2c(=O)n(CCN3CCOCC3)c(C3CCCCC3)nc12. The molecular formula is C21H29N3O3. The van der Waals surface area contributed by atoms with Gasteiger partial charge in [0.25, 0.3) is 5.56 Å². The van der Waals surface area contributed by atoms with Crippen LogP contribution in [0.2, 0.25) is 0 Å². The third-order valence-electron chi connectivity index (χ3n) is 5.91. The molecule has 146 valence electrons. The van der Waals surface area contributed by atoms with E-state index in [0.29, 0.717) is 29.1 Å². The summed E-state index contributed by atoms with van der Waals surface area (Å²) in [5.74, 6) is 2.00. The van der Waals surface area contributed by atoms with Crippen molar-refractivity contribution >= 4 is 10.9 Å². The molecule has 6 heteroatoms. The van der Waals surface area contributed by atoms with Gasteiger partial charge in [-0.1, -0.05) is 25.3 Å². The van der Waals surface area contributed by atoms with Gasteiger partial charge in [-0.15, -0.1) is 0 Å². The van der Waals surface area contributed by atoms with Gasteiger partial charge in [-0.2, -0.15) is 0 Å². The zero-order valence-electron chi connectivity index (χ0n) is 16.2. The second-order valence-electron chi connectivity index (χ2n) is 7.57. The lowest BCUT2D eigenvalue weighted by molar-refractivity contribution is 0.0361. The molecule has 27 heavy (non-hydrogen) atoms. The fourth-order valence-electron chi connectivity index (χ4n) is 4.35. The first-order chi connectivity index (χ1) is 13.3. The van der Waals surface area contributed by atoms with E-state index in [0.717, 1.165) is 51.5 Å². The summed E-state index contributed by atoms with van der Waals surface area (Å²) in [7, 11) is 1.64. The van der Waals surface area contributed by atoms with Gasteiger partial charge >= 0.3 is 0 Å². The van der Waals surface area contributed by atoms with Crippen molar-refractivity contribution in [3.05, 3.63) is 34.4 Å². The average Bonchev–Trinajstić information content (AvgIpc) is 2.74. The van der Waals surface area contributed by atoms with Crippen molar-refractivity contribution in [1.29, 1.82) is 0 Å². The maximum absolute atomic E-state index is 13.4.